The summed E-state index contributed by atoms with van der Waals surface area (Å²) >= 11 is 5.70. The smallest absolute Gasteiger partial charge is 0.296 e. The van der Waals surface area contributed by atoms with E-state index in [2.05, 4.69) is 0 Å². The molecule has 0 saturated heterocycles. The topological polar surface area (TPSA) is 44.0 Å². The third kappa shape index (κ3) is 3.89. The van der Waals surface area contributed by atoms with Crippen LogP contribution in [-0.4, -0.2) is 15.0 Å². The lowest BCUT2D eigenvalue weighted by molar-refractivity contribution is 0.556. The van der Waals surface area contributed by atoms with Crippen LogP contribution in [0, 0.1) is 0 Å². The van der Waals surface area contributed by atoms with Crippen LogP contribution in [0.5, 0.6) is 0 Å². The zero-order valence-corrected chi connectivity index (χ0v) is 13.6. The Balaban J connectivity index is 2.46. The van der Waals surface area contributed by atoms with Crippen molar-refractivity contribution < 1.29 is 0 Å². The number of aryl methyl sites for hydroxylation is 1. The van der Waals surface area contributed by atoms with Gasteiger partial charge in [0.2, 0.25) is 0 Å². The van der Waals surface area contributed by atoms with Crippen LogP contribution in [-0.2, 0) is 19.5 Å². The SMILES string of the molecule is CCCc1cn(Cc2ccccc2)c(=O)n(CCCCl)c1=O. The molecular formula is C17H21ClN2O2. The van der Waals surface area contributed by atoms with Crippen molar-refractivity contribution in [3.63, 3.8) is 0 Å². The molecule has 0 aliphatic rings. The first kappa shape index (κ1) is 16.6. The molecule has 1 heterocycles. The van der Waals surface area contributed by atoms with Crippen LogP contribution in [0.4, 0.5) is 0 Å². The summed E-state index contributed by atoms with van der Waals surface area (Å²) in [5.41, 5.74) is 1.28. The molecule has 0 N–H and O–H groups in total. The molecule has 0 unspecified atom stereocenters. The second kappa shape index (κ2) is 7.99. The van der Waals surface area contributed by atoms with E-state index in [0.717, 1.165) is 12.0 Å². The number of alkyl halides is 1. The highest BCUT2D eigenvalue weighted by atomic mass is 35.5. The van der Waals surface area contributed by atoms with E-state index in [1.807, 2.05) is 37.3 Å². The second-order valence-electron chi connectivity index (χ2n) is 5.30. The number of nitrogens with zero attached hydrogens (tertiary/aromatic N) is 2. The van der Waals surface area contributed by atoms with Crippen LogP contribution < -0.4 is 11.2 Å². The molecule has 5 heteroatoms. The molecule has 0 aliphatic carbocycles. The minimum Gasteiger partial charge on any atom is -0.296 e. The minimum absolute atomic E-state index is 0.179. The molecule has 1 aromatic heterocycles. The van der Waals surface area contributed by atoms with Gasteiger partial charge in [0.15, 0.2) is 0 Å². The third-order valence-corrected chi connectivity index (χ3v) is 3.81. The first-order valence-electron chi connectivity index (χ1n) is 7.60. The van der Waals surface area contributed by atoms with E-state index in [9.17, 15) is 9.59 Å². The van der Waals surface area contributed by atoms with E-state index >= 15 is 0 Å². The van der Waals surface area contributed by atoms with Gasteiger partial charge in [-0.1, -0.05) is 43.7 Å². The maximum absolute atomic E-state index is 12.5. The van der Waals surface area contributed by atoms with Gasteiger partial charge in [-0.15, -0.1) is 11.6 Å². The molecule has 118 valence electrons. The van der Waals surface area contributed by atoms with Gasteiger partial charge < -0.3 is 0 Å². The standard InChI is InChI=1S/C17H21ClN2O2/c1-2-7-15-13-19(12-14-8-4-3-5-9-14)17(22)20(16(15)21)11-6-10-18/h3-5,8-9,13H,2,6-7,10-12H2,1H3. The summed E-state index contributed by atoms with van der Waals surface area (Å²) in [6, 6.07) is 9.77. The van der Waals surface area contributed by atoms with Gasteiger partial charge in [-0.25, -0.2) is 4.79 Å². The Morgan fingerprint density at radius 2 is 1.86 bits per heavy atom. The van der Waals surface area contributed by atoms with Crippen molar-refractivity contribution in [2.45, 2.75) is 39.3 Å². The van der Waals surface area contributed by atoms with Gasteiger partial charge >= 0.3 is 5.69 Å². The van der Waals surface area contributed by atoms with Crippen molar-refractivity contribution >= 4 is 11.6 Å². The predicted octanol–water partition coefficient (Wildman–Crippen LogP) is 2.64. The summed E-state index contributed by atoms with van der Waals surface area (Å²) in [5.74, 6) is 0.433. The Morgan fingerprint density at radius 1 is 1.14 bits per heavy atom. The van der Waals surface area contributed by atoms with Gasteiger partial charge in [-0.05, 0) is 18.4 Å². The van der Waals surface area contributed by atoms with Gasteiger partial charge in [-0.3, -0.25) is 13.9 Å². The fourth-order valence-electron chi connectivity index (χ4n) is 2.46. The molecule has 0 amide bonds. The summed E-state index contributed by atoms with van der Waals surface area (Å²) in [5, 5.41) is 0. The Morgan fingerprint density at radius 3 is 2.50 bits per heavy atom. The predicted molar refractivity (Wildman–Crippen MR) is 89.8 cm³/mol. The van der Waals surface area contributed by atoms with Crippen molar-refractivity contribution in [3.8, 4) is 0 Å². The lowest BCUT2D eigenvalue weighted by Gasteiger charge is -2.12. The Bertz CT molecular complexity index is 720. The van der Waals surface area contributed by atoms with Gasteiger partial charge in [-0.2, -0.15) is 0 Å². The van der Waals surface area contributed by atoms with E-state index < -0.39 is 0 Å². The van der Waals surface area contributed by atoms with Crippen LogP contribution in [0.3, 0.4) is 0 Å². The van der Waals surface area contributed by atoms with Crippen LogP contribution in [0.2, 0.25) is 0 Å². The van der Waals surface area contributed by atoms with Crippen LogP contribution in [0.25, 0.3) is 0 Å². The number of aromatic nitrogens is 2. The molecule has 0 aliphatic heterocycles. The van der Waals surface area contributed by atoms with E-state index in [4.69, 9.17) is 11.6 Å². The van der Waals surface area contributed by atoms with E-state index in [1.54, 1.807) is 10.8 Å². The minimum atomic E-state index is -0.265. The summed E-state index contributed by atoms with van der Waals surface area (Å²) in [6.07, 6.45) is 3.86. The number of halogens is 1. The second-order valence-corrected chi connectivity index (χ2v) is 5.68. The number of rotatable bonds is 7. The average molecular weight is 321 g/mol. The van der Waals surface area contributed by atoms with Gasteiger partial charge in [0, 0.05) is 24.2 Å². The molecule has 0 bridgehead atoms. The number of hydrogen-bond acceptors (Lipinski definition) is 2. The molecule has 0 spiro atoms. The van der Waals surface area contributed by atoms with Gasteiger partial charge in [0.25, 0.3) is 5.56 Å². The fourth-order valence-corrected chi connectivity index (χ4v) is 2.58. The van der Waals surface area contributed by atoms with E-state index in [-0.39, 0.29) is 11.2 Å². The van der Waals surface area contributed by atoms with E-state index in [0.29, 0.717) is 37.4 Å². The summed E-state index contributed by atoms with van der Waals surface area (Å²) < 4.78 is 2.94. The van der Waals surface area contributed by atoms with Crippen molar-refractivity contribution in [1.29, 1.82) is 0 Å². The summed E-state index contributed by atoms with van der Waals surface area (Å²) in [4.78, 5) is 24.9. The van der Waals surface area contributed by atoms with Crippen molar-refractivity contribution in [1.82, 2.24) is 9.13 Å². The first-order chi connectivity index (χ1) is 10.7. The molecule has 2 aromatic rings. The van der Waals surface area contributed by atoms with Crippen LogP contribution >= 0.6 is 11.6 Å². The average Bonchev–Trinajstić information content (AvgIpc) is 2.53. The molecule has 0 saturated carbocycles. The van der Waals surface area contributed by atoms with Gasteiger partial charge in [0.1, 0.15) is 0 Å². The third-order valence-electron chi connectivity index (χ3n) is 3.54. The van der Waals surface area contributed by atoms with Crippen LogP contribution in [0.15, 0.2) is 46.1 Å². The highest BCUT2D eigenvalue weighted by Gasteiger charge is 2.11. The lowest BCUT2D eigenvalue weighted by Crippen LogP contribution is -2.41. The molecule has 0 fully saturated rings. The molecule has 1 aromatic carbocycles. The van der Waals surface area contributed by atoms with Crippen molar-refractivity contribution in [2.75, 3.05) is 5.88 Å². The molecular weight excluding hydrogens is 300 g/mol. The highest BCUT2D eigenvalue weighted by Crippen LogP contribution is 2.02. The lowest BCUT2D eigenvalue weighted by atomic mass is 10.2. The van der Waals surface area contributed by atoms with Gasteiger partial charge in [0.05, 0.1) is 6.54 Å². The number of benzene rings is 1. The molecule has 4 nitrogen and oxygen atoms in total. The Hall–Kier alpha value is -1.81. The molecule has 0 radical (unpaired) electrons. The van der Waals surface area contributed by atoms with Crippen molar-refractivity contribution in [2.24, 2.45) is 0 Å². The Labute approximate surface area is 135 Å². The maximum atomic E-state index is 12.5. The van der Waals surface area contributed by atoms with Crippen molar-refractivity contribution in [3.05, 3.63) is 68.5 Å². The maximum Gasteiger partial charge on any atom is 0.331 e. The molecule has 0 atom stereocenters. The molecule has 22 heavy (non-hydrogen) atoms. The highest BCUT2D eigenvalue weighted by molar-refractivity contribution is 6.17. The quantitative estimate of drug-likeness (QED) is 0.736. The summed E-state index contributed by atoms with van der Waals surface area (Å²) in [7, 11) is 0. The van der Waals surface area contributed by atoms with Crippen LogP contribution in [0.1, 0.15) is 30.9 Å². The zero-order chi connectivity index (χ0) is 15.9. The summed E-state index contributed by atoms with van der Waals surface area (Å²) in [6.45, 7) is 2.86. The van der Waals surface area contributed by atoms with E-state index in [1.165, 1.54) is 4.57 Å². The largest absolute Gasteiger partial charge is 0.331 e. The normalized spacial score (nSPS) is 10.8. The fraction of sp³-hybridized carbons (Fsp3) is 0.412. The zero-order valence-electron chi connectivity index (χ0n) is 12.8. The number of hydrogen-bond donors (Lipinski definition) is 0. The first-order valence-corrected chi connectivity index (χ1v) is 8.14. The Kier molecular flexibility index (Phi) is 6.01. The molecule has 2 rings (SSSR count). The monoisotopic (exact) mass is 320 g/mol.